The number of halogens is 1. The number of carbonyl (C=O) groups is 1. The van der Waals surface area contributed by atoms with E-state index in [9.17, 15) is 4.79 Å². The lowest BCUT2D eigenvalue weighted by Gasteiger charge is -2.38. The fourth-order valence-electron chi connectivity index (χ4n) is 3.17. The highest BCUT2D eigenvalue weighted by atomic mass is 35.5. The van der Waals surface area contributed by atoms with Crippen molar-refractivity contribution < 1.29 is 14.3 Å². The number of hydrogen-bond acceptors (Lipinski definition) is 4. The maximum Gasteiger partial charge on any atom is 0.227 e. The van der Waals surface area contributed by atoms with Crippen molar-refractivity contribution in [2.24, 2.45) is 5.73 Å². The molecule has 1 saturated heterocycles. The lowest BCUT2D eigenvalue weighted by Crippen LogP contribution is -2.52. The number of ether oxygens (including phenoxy) is 2. The van der Waals surface area contributed by atoms with Gasteiger partial charge < -0.3 is 20.1 Å². The van der Waals surface area contributed by atoms with Gasteiger partial charge in [-0.25, -0.2) is 0 Å². The summed E-state index contributed by atoms with van der Waals surface area (Å²) in [5.41, 5.74) is 6.86. The van der Waals surface area contributed by atoms with Crippen molar-refractivity contribution >= 4 is 18.3 Å². The standard InChI is InChI=1S/C17H26N2O3.ClH/c1-12(18)14-7-4-5-10-19(14)17(20)11-13-15(21-2)8-6-9-16(13)22-3;/h6,8-9,12,14H,4-5,7,10-11,18H2,1-3H3;1H. The van der Waals surface area contributed by atoms with Gasteiger partial charge in [-0.05, 0) is 38.3 Å². The third kappa shape index (κ3) is 4.52. The molecule has 23 heavy (non-hydrogen) atoms. The molecule has 0 spiro atoms. The summed E-state index contributed by atoms with van der Waals surface area (Å²) in [6.07, 6.45) is 3.43. The van der Waals surface area contributed by atoms with Crippen LogP contribution in [0.2, 0.25) is 0 Å². The van der Waals surface area contributed by atoms with Crippen LogP contribution in [0, 0.1) is 0 Å². The Morgan fingerprint density at radius 2 is 1.91 bits per heavy atom. The van der Waals surface area contributed by atoms with Crippen LogP contribution in [0.3, 0.4) is 0 Å². The summed E-state index contributed by atoms with van der Waals surface area (Å²) in [6, 6.07) is 5.68. The van der Waals surface area contributed by atoms with Gasteiger partial charge in [0.2, 0.25) is 5.91 Å². The summed E-state index contributed by atoms with van der Waals surface area (Å²) in [4.78, 5) is 14.7. The minimum absolute atomic E-state index is 0. The molecule has 1 fully saturated rings. The summed E-state index contributed by atoms with van der Waals surface area (Å²) < 4.78 is 10.7. The molecule has 0 bridgehead atoms. The Balaban J connectivity index is 0.00000264. The number of piperidine rings is 1. The van der Waals surface area contributed by atoms with Crippen LogP contribution in [0.5, 0.6) is 11.5 Å². The molecule has 5 nitrogen and oxygen atoms in total. The molecular formula is C17H27ClN2O3. The maximum absolute atomic E-state index is 12.8. The first-order valence-electron chi connectivity index (χ1n) is 7.83. The molecule has 2 unspecified atom stereocenters. The summed E-state index contributed by atoms with van der Waals surface area (Å²) in [5.74, 6) is 1.45. The van der Waals surface area contributed by atoms with Crippen LogP contribution in [-0.4, -0.2) is 43.7 Å². The Bertz CT molecular complexity index is 500. The Kier molecular flexibility index (Phi) is 7.65. The summed E-state index contributed by atoms with van der Waals surface area (Å²) in [7, 11) is 3.21. The first-order chi connectivity index (χ1) is 10.6. The fourth-order valence-corrected chi connectivity index (χ4v) is 3.17. The minimum Gasteiger partial charge on any atom is -0.496 e. The fraction of sp³-hybridized carbons (Fsp3) is 0.588. The average Bonchev–Trinajstić information content (AvgIpc) is 2.54. The SMILES string of the molecule is COc1cccc(OC)c1CC(=O)N1CCCCC1C(C)N.Cl. The van der Waals surface area contributed by atoms with E-state index in [1.54, 1.807) is 14.2 Å². The van der Waals surface area contributed by atoms with Crippen LogP contribution >= 0.6 is 12.4 Å². The van der Waals surface area contributed by atoms with E-state index in [-0.39, 0.29) is 36.8 Å². The zero-order valence-corrected chi connectivity index (χ0v) is 14.9. The quantitative estimate of drug-likeness (QED) is 0.892. The monoisotopic (exact) mass is 342 g/mol. The molecule has 6 heteroatoms. The van der Waals surface area contributed by atoms with E-state index in [1.165, 1.54) is 0 Å². The highest BCUT2D eigenvalue weighted by molar-refractivity contribution is 5.85. The number of nitrogens with zero attached hydrogens (tertiary/aromatic N) is 1. The number of carbonyl (C=O) groups excluding carboxylic acids is 1. The molecular weight excluding hydrogens is 316 g/mol. The smallest absolute Gasteiger partial charge is 0.227 e. The molecule has 0 radical (unpaired) electrons. The van der Waals surface area contributed by atoms with Crippen molar-refractivity contribution in [3.8, 4) is 11.5 Å². The second-order valence-electron chi connectivity index (χ2n) is 5.83. The molecule has 2 rings (SSSR count). The van der Waals surface area contributed by atoms with Crippen LogP contribution in [0.1, 0.15) is 31.7 Å². The maximum atomic E-state index is 12.8. The molecule has 0 aliphatic carbocycles. The molecule has 0 aromatic heterocycles. The number of likely N-dealkylation sites (tertiary alicyclic amines) is 1. The molecule has 2 N–H and O–H groups in total. The van der Waals surface area contributed by atoms with Crippen molar-refractivity contribution in [1.29, 1.82) is 0 Å². The number of benzene rings is 1. The van der Waals surface area contributed by atoms with E-state index >= 15 is 0 Å². The van der Waals surface area contributed by atoms with Crippen molar-refractivity contribution in [2.75, 3.05) is 20.8 Å². The Hall–Kier alpha value is -1.46. The molecule has 0 saturated carbocycles. The number of amides is 1. The Morgan fingerprint density at radius 1 is 1.30 bits per heavy atom. The van der Waals surface area contributed by atoms with Crippen molar-refractivity contribution in [3.05, 3.63) is 23.8 Å². The summed E-state index contributed by atoms with van der Waals surface area (Å²) in [5, 5.41) is 0. The van der Waals surface area contributed by atoms with Crippen molar-refractivity contribution in [3.63, 3.8) is 0 Å². The van der Waals surface area contributed by atoms with Gasteiger partial charge in [-0.15, -0.1) is 12.4 Å². The van der Waals surface area contributed by atoms with E-state index in [1.807, 2.05) is 30.0 Å². The van der Waals surface area contributed by atoms with E-state index in [2.05, 4.69) is 0 Å². The number of hydrogen-bond donors (Lipinski definition) is 1. The molecule has 2 atom stereocenters. The molecule has 1 aromatic carbocycles. The molecule has 1 heterocycles. The van der Waals surface area contributed by atoms with Gasteiger partial charge in [0.15, 0.2) is 0 Å². The van der Waals surface area contributed by atoms with E-state index in [0.29, 0.717) is 11.5 Å². The highest BCUT2D eigenvalue weighted by Gasteiger charge is 2.30. The number of rotatable bonds is 5. The van der Waals surface area contributed by atoms with Gasteiger partial charge >= 0.3 is 0 Å². The van der Waals surface area contributed by atoms with Gasteiger partial charge in [-0.3, -0.25) is 4.79 Å². The summed E-state index contributed by atoms with van der Waals surface area (Å²) >= 11 is 0. The molecule has 1 aliphatic heterocycles. The van der Waals surface area contributed by atoms with Crippen LogP contribution in [0.15, 0.2) is 18.2 Å². The highest BCUT2D eigenvalue weighted by Crippen LogP contribution is 2.30. The zero-order valence-electron chi connectivity index (χ0n) is 14.1. The van der Waals surface area contributed by atoms with Gasteiger partial charge in [0.25, 0.3) is 0 Å². The average molecular weight is 343 g/mol. The lowest BCUT2D eigenvalue weighted by atomic mass is 9.96. The first kappa shape index (κ1) is 19.6. The third-order valence-electron chi connectivity index (χ3n) is 4.33. The van der Waals surface area contributed by atoms with Gasteiger partial charge in [-0.2, -0.15) is 0 Å². The van der Waals surface area contributed by atoms with Crippen molar-refractivity contribution in [1.82, 2.24) is 4.90 Å². The minimum atomic E-state index is -0.0104. The van der Waals surface area contributed by atoms with Crippen LogP contribution < -0.4 is 15.2 Å². The first-order valence-corrected chi connectivity index (χ1v) is 7.83. The molecule has 1 amide bonds. The van der Waals surface area contributed by atoms with E-state index < -0.39 is 0 Å². The number of nitrogens with two attached hydrogens (primary N) is 1. The van der Waals surface area contributed by atoms with Crippen molar-refractivity contribution in [2.45, 2.75) is 44.7 Å². The molecule has 1 aromatic rings. The van der Waals surface area contributed by atoms with E-state index in [4.69, 9.17) is 15.2 Å². The van der Waals surface area contributed by atoms with Gasteiger partial charge in [-0.1, -0.05) is 6.07 Å². The molecule has 130 valence electrons. The predicted octanol–water partition coefficient (Wildman–Crippen LogP) is 2.40. The Labute approximate surface area is 144 Å². The normalized spacial score (nSPS) is 18.8. The third-order valence-corrected chi connectivity index (χ3v) is 4.33. The van der Waals surface area contributed by atoms with Crippen LogP contribution in [-0.2, 0) is 11.2 Å². The molecule has 1 aliphatic rings. The predicted molar refractivity (Wildman–Crippen MR) is 93.5 cm³/mol. The second-order valence-corrected chi connectivity index (χ2v) is 5.83. The van der Waals surface area contributed by atoms with Crippen LogP contribution in [0.4, 0.5) is 0 Å². The topological polar surface area (TPSA) is 64.8 Å². The Morgan fingerprint density at radius 3 is 2.43 bits per heavy atom. The lowest BCUT2D eigenvalue weighted by molar-refractivity contribution is -0.134. The van der Waals surface area contributed by atoms with E-state index in [0.717, 1.165) is 31.4 Å². The number of methoxy groups -OCH3 is 2. The largest absolute Gasteiger partial charge is 0.496 e. The van der Waals surface area contributed by atoms with Gasteiger partial charge in [0, 0.05) is 24.2 Å². The summed E-state index contributed by atoms with van der Waals surface area (Å²) in [6.45, 7) is 2.75. The van der Waals surface area contributed by atoms with Gasteiger partial charge in [0.1, 0.15) is 11.5 Å². The van der Waals surface area contributed by atoms with Crippen LogP contribution in [0.25, 0.3) is 0 Å². The second kappa shape index (κ2) is 8.99. The van der Waals surface area contributed by atoms with Gasteiger partial charge in [0.05, 0.1) is 20.6 Å². The zero-order chi connectivity index (χ0) is 16.1.